The van der Waals surface area contributed by atoms with Crippen LogP contribution in [0.25, 0.3) is 0 Å². The minimum Gasteiger partial charge on any atom is -0.378 e. The molecule has 1 rings (SSSR count). The van der Waals surface area contributed by atoms with E-state index in [0.717, 1.165) is 12.1 Å². The van der Waals surface area contributed by atoms with E-state index in [1.807, 2.05) is 55.4 Å². The SMILES string of the molecule is C/C=C(\C)C(C)CC(C)(C)C(=O)NCCOCCNC(=O)c1c[n+](OC)c(C)cn1.CC.CC.CC(C)=C(C)C. The number of aromatic nitrogens is 2. The lowest BCUT2D eigenvalue weighted by atomic mass is 9.80. The van der Waals surface area contributed by atoms with Crippen LogP contribution >= 0.6 is 0 Å². The Morgan fingerprint density at radius 2 is 1.50 bits per heavy atom. The van der Waals surface area contributed by atoms with Gasteiger partial charge in [0.05, 0.1) is 19.4 Å². The van der Waals surface area contributed by atoms with Crippen molar-refractivity contribution in [2.24, 2.45) is 11.3 Å². The van der Waals surface area contributed by atoms with Crippen LogP contribution in [0.3, 0.4) is 0 Å². The predicted molar refractivity (Wildman–Crippen MR) is 167 cm³/mol. The zero-order chi connectivity index (χ0) is 31.9. The van der Waals surface area contributed by atoms with E-state index in [2.05, 4.69) is 63.2 Å². The summed E-state index contributed by atoms with van der Waals surface area (Å²) < 4.78 is 6.97. The van der Waals surface area contributed by atoms with Crippen molar-refractivity contribution in [3.05, 3.63) is 46.6 Å². The second-order valence-electron chi connectivity index (χ2n) is 10.1. The fraction of sp³-hybridized carbons (Fsp3) is 0.688. The van der Waals surface area contributed by atoms with Gasteiger partial charge in [-0.15, -0.1) is 0 Å². The summed E-state index contributed by atoms with van der Waals surface area (Å²) in [4.78, 5) is 33.8. The average Bonchev–Trinajstić information content (AvgIpc) is 2.94. The Balaban J connectivity index is -0.00000118. The fourth-order valence-electron chi connectivity index (χ4n) is 2.99. The smallest absolute Gasteiger partial charge is 0.276 e. The maximum absolute atomic E-state index is 12.5. The lowest BCUT2D eigenvalue weighted by Crippen LogP contribution is -2.45. The van der Waals surface area contributed by atoms with Crippen LogP contribution in [0.2, 0.25) is 0 Å². The molecule has 0 saturated carbocycles. The normalized spacial score (nSPS) is 11.2. The Bertz CT molecular complexity index is 890. The summed E-state index contributed by atoms with van der Waals surface area (Å²) in [6, 6.07) is 0. The maximum Gasteiger partial charge on any atom is 0.276 e. The van der Waals surface area contributed by atoms with Crippen molar-refractivity contribution >= 4 is 11.8 Å². The van der Waals surface area contributed by atoms with Gasteiger partial charge in [-0.25, -0.2) is 4.98 Å². The number of allylic oxidation sites excluding steroid dienone is 4. The van der Waals surface area contributed by atoms with Crippen molar-refractivity contribution < 1.29 is 23.9 Å². The minimum absolute atomic E-state index is 0.0204. The van der Waals surface area contributed by atoms with Gasteiger partial charge in [0.1, 0.15) is 7.11 Å². The molecule has 1 aromatic heterocycles. The molecule has 1 unspecified atom stereocenters. The van der Waals surface area contributed by atoms with Crippen LogP contribution in [0.5, 0.6) is 0 Å². The molecule has 0 aliphatic heterocycles. The number of carbonyl (C=O) groups excluding carboxylic acids is 2. The molecule has 1 aromatic rings. The van der Waals surface area contributed by atoms with E-state index >= 15 is 0 Å². The number of rotatable bonds is 12. The van der Waals surface area contributed by atoms with Crippen molar-refractivity contribution in [1.82, 2.24) is 15.6 Å². The maximum atomic E-state index is 12.5. The number of nitrogens with one attached hydrogen (secondary N) is 2. The Kier molecular flexibility index (Phi) is 25.1. The Hall–Kier alpha value is -2.74. The summed E-state index contributed by atoms with van der Waals surface area (Å²) >= 11 is 0. The summed E-state index contributed by atoms with van der Waals surface area (Å²) in [6.45, 7) is 30.0. The predicted octanol–water partition coefficient (Wildman–Crippen LogP) is 6.03. The first-order valence-corrected chi connectivity index (χ1v) is 14.6. The van der Waals surface area contributed by atoms with Gasteiger partial charge in [-0.3, -0.25) is 14.4 Å². The van der Waals surface area contributed by atoms with Crippen molar-refractivity contribution in [3.63, 3.8) is 0 Å². The van der Waals surface area contributed by atoms with E-state index in [1.165, 1.54) is 34.8 Å². The molecule has 0 aromatic carbocycles. The molecule has 0 bridgehead atoms. The van der Waals surface area contributed by atoms with Gasteiger partial charge >= 0.3 is 0 Å². The minimum atomic E-state index is -0.447. The molecule has 0 saturated heterocycles. The molecule has 0 radical (unpaired) electrons. The van der Waals surface area contributed by atoms with Crippen LogP contribution < -0.4 is 20.2 Å². The molecule has 8 nitrogen and oxygen atoms in total. The highest BCUT2D eigenvalue weighted by Crippen LogP contribution is 2.29. The first-order chi connectivity index (χ1) is 18.8. The Morgan fingerprint density at radius 3 is 1.95 bits per heavy atom. The summed E-state index contributed by atoms with van der Waals surface area (Å²) in [6.07, 6.45) is 5.98. The monoisotopic (exact) mass is 565 g/mol. The van der Waals surface area contributed by atoms with Crippen LogP contribution in [0, 0.1) is 18.3 Å². The molecular weight excluding hydrogens is 504 g/mol. The molecule has 0 aliphatic carbocycles. The fourth-order valence-corrected chi connectivity index (χ4v) is 2.99. The van der Waals surface area contributed by atoms with Crippen molar-refractivity contribution in [1.29, 1.82) is 0 Å². The quantitative estimate of drug-likeness (QED) is 0.183. The number of carbonyl (C=O) groups is 2. The number of hydrogen-bond acceptors (Lipinski definition) is 5. The first kappa shape index (κ1) is 41.7. The van der Waals surface area contributed by atoms with Gasteiger partial charge in [-0.2, -0.15) is 0 Å². The van der Waals surface area contributed by atoms with Gasteiger partial charge in [0.15, 0.2) is 5.69 Å². The second-order valence-corrected chi connectivity index (χ2v) is 10.1. The second kappa shape index (κ2) is 24.1. The molecule has 2 amide bonds. The molecule has 0 spiro atoms. The third kappa shape index (κ3) is 18.5. The highest BCUT2D eigenvalue weighted by molar-refractivity contribution is 5.91. The molecule has 8 heteroatoms. The van der Waals surface area contributed by atoms with E-state index in [-0.39, 0.29) is 17.5 Å². The van der Waals surface area contributed by atoms with Crippen LogP contribution in [-0.2, 0) is 9.53 Å². The molecule has 232 valence electrons. The summed E-state index contributed by atoms with van der Waals surface area (Å²) in [5.41, 5.74) is 4.75. The van der Waals surface area contributed by atoms with Crippen molar-refractivity contribution in [3.8, 4) is 0 Å². The zero-order valence-electron chi connectivity index (χ0n) is 28.4. The Labute approximate surface area is 246 Å². The standard InChI is InChI=1S/C22H36N4O4.C6H12.2C2H6/c1-8-16(2)17(3)13-22(5,6)21(28)24-10-12-30-11-9-23-20(27)19-15-26(29-7)18(4)14-25-19;1-5(2)6(3)4;2*1-2/h8,14-15,17H,9-13H2,1-7H3,(H-,23,24,27,28);1-4H3;2*1-2H3/p+1/b16-8+;;;. The van der Waals surface area contributed by atoms with Gasteiger partial charge in [0.2, 0.25) is 11.6 Å². The van der Waals surface area contributed by atoms with Crippen LogP contribution in [-0.4, -0.2) is 50.2 Å². The summed E-state index contributed by atoms with van der Waals surface area (Å²) in [5.74, 6) is 0.0778. The van der Waals surface area contributed by atoms with E-state index in [4.69, 9.17) is 9.57 Å². The van der Waals surface area contributed by atoms with Gasteiger partial charge < -0.3 is 15.4 Å². The molecule has 0 fully saturated rings. The average molecular weight is 566 g/mol. The number of aryl methyl sites for hydroxylation is 1. The highest BCUT2D eigenvalue weighted by Gasteiger charge is 2.29. The number of amides is 2. The third-order valence-corrected chi connectivity index (χ3v) is 6.13. The van der Waals surface area contributed by atoms with Crippen LogP contribution in [0.4, 0.5) is 0 Å². The highest BCUT2D eigenvalue weighted by atomic mass is 16.6. The lowest BCUT2D eigenvalue weighted by molar-refractivity contribution is -0.890. The summed E-state index contributed by atoms with van der Waals surface area (Å²) in [7, 11) is 1.52. The van der Waals surface area contributed by atoms with Crippen molar-refractivity contribution in [2.45, 2.75) is 103 Å². The molecule has 1 heterocycles. The number of hydrogen-bond donors (Lipinski definition) is 2. The van der Waals surface area contributed by atoms with Crippen LogP contribution in [0.15, 0.2) is 35.2 Å². The lowest BCUT2D eigenvalue weighted by Gasteiger charge is -2.27. The third-order valence-electron chi connectivity index (χ3n) is 6.13. The molecule has 0 aliphatic rings. The van der Waals surface area contributed by atoms with Gasteiger partial charge in [-0.05, 0) is 53.9 Å². The van der Waals surface area contributed by atoms with E-state index in [1.54, 1.807) is 6.20 Å². The molecule has 40 heavy (non-hydrogen) atoms. The van der Waals surface area contributed by atoms with E-state index in [9.17, 15) is 9.59 Å². The van der Waals surface area contributed by atoms with Gasteiger partial charge in [0.25, 0.3) is 12.1 Å². The van der Waals surface area contributed by atoms with Crippen molar-refractivity contribution in [2.75, 3.05) is 33.4 Å². The molecular formula is C32H61N4O4+. The number of nitrogens with zero attached hydrogens (tertiary/aromatic N) is 2. The zero-order valence-corrected chi connectivity index (χ0v) is 28.4. The van der Waals surface area contributed by atoms with Crippen LogP contribution in [0.1, 0.15) is 113 Å². The molecule has 1 atom stereocenters. The van der Waals surface area contributed by atoms with Gasteiger partial charge in [-0.1, -0.05) is 71.3 Å². The Morgan fingerprint density at radius 1 is 1.00 bits per heavy atom. The largest absolute Gasteiger partial charge is 0.378 e. The first-order valence-electron chi connectivity index (χ1n) is 14.6. The molecule has 2 N–H and O–H groups in total. The van der Waals surface area contributed by atoms with E-state index in [0.29, 0.717) is 32.2 Å². The summed E-state index contributed by atoms with van der Waals surface area (Å²) in [5, 5.41) is 5.67. The number of ether oxygens (including phenoxy) is 1. The van der Waals surface area contributed by atoms with Gasteiger partial charge in [0, 0.05) is 30.2 Å². The topological polar surface area (TPSA) is 93.4 Å². The van der Waals surface area contributed by atoms with E-state index < -0.39 is 5.41 Å².